The summed E-state index contributed by atoms with van der Waals surface area (Å²) in [4.78, 5) is 39.8. The number of nitrogens with one attached hydrogen (secondary N) is 1. The van der Waals surface area contributed by atoms with E-state index in [1.54, 1.807) is 6.92 Å². The van der Waals surface area contributed by atoms with Gasteiger partial charge >= 0.3 is 0 Å². The molecule has 0 spiro atoms. The van der Waals surface area contributed by atoms with Crippen LogP contribution < -0.4 is 14.8 Å². The number of anilines is 1. The van der Waals surface area contributed by atoms with Gasteiger partial charge in [0, 0.05) is 5.92 Å². The number of amides is 3. The molecule has 2 aromatic rings. The molecule has 1 heterocycles. The highest BCUT2D eigenvalue weighted by atomic mass is 32.2. The van der Waals surface area contributed by atoms with E-state index in [9.17, 15) is 27.4 Å². The monoisotopic (exact) mass is 488 g/mol. The first kappa shape index (κ1) is 23.7. The number of hydrogen-bond donors (Lipinski definition) is 2. The van der Waals surface area contributed by atoms with E-state index in [2.05, 4.69) is 5.32 Å². The second-order valence-corrected chi connectivity index (χ2v) is 9.58. The molecule has 1 atom stereocenters. The van der Waals surface area contributed by atoms with Gasteiger partial charge in [-0.25, -0.2) is 0 Å². The highest BCUT2D eigenvalue weighted by molar-refractivity contribution is 7.85. The number of imide groups is 1. The number of methoxy groups -OCH3 is 1. The molecule has 0 bridgehead atoms. The summed E-state index contributed by atoms with van der Waals surface area (Å²) in [5.74, 6) is -2.11. The third-order valence-electron chi connectivity index (χ3n) is 5.70. The zero-order chi connectivity index (χ0) is 24.6. The molecule has 34 heavy (non-hydrogen) atoms. The molecule has 2 aromatic carbocycles. The van der Waals surface area contributed by atoms with Crippen molar-refractivity contribution in [1.29, 1.82) is 0 Å². The molecule has 1 saturated carbocycles. The van der Waals surface area contributed by atoms with Crippen LogP contribution in [0.5, 0.6) is 11.5 Å². The SMILES string of the molecule is CCOc1cc([C@@H](CS(=O)(=O)O)N2C(=O)c3cccc(NC(=O)C4CC4)c3C2=O)ccc1OC. The van der Waals surface area contributed by atoms with Crippen LogP contribution >= 0.6 is 0 Å². The average molecular weight is 489 g/mol. The quantitative estimate of drug-likeness (QED) is 0.406. The Hall–Kier alpha value is -3.44. The normalized spacial score (nSPS) is 16.3. The van der Waals surface area contributed by atoms with Crippen LogP contribution in [-0.4, -0.2) is 55.1 Å². The van der Waals surface area contributed by atoms with Gasteiger partial charge in [-0.15, -0.1) is 0 Å². The van der Waals surface area contributed by atoms with Crippen molar-refractivity contribution in [2.45, 2.75) is 25.8 Å². The van der Waals surface area contributed by atoms with Gasteiger partial charge in [0.2, 0.25) is 5.91 Å². The number of fused-ring (bicyclic) bond motifs is 1. The first-order valence-electron chi connectivity index (χ1n) is 10.7. The Morgan fingerprint density at radius 2 is 1.91 bits per heavy atom. The van der Waals surface area contributed by atoms with E-state index in [1.807, 2.05) is 0 Å². The standard InChI is InChI=1S/C23H24N2O8S/c1-3-33-19-11-14(9-10-18(19)32-2)17(12-34(29,30)31)25-22(27)15-5-4-6-16(20(15)23(25)28)24-21(26)13-7-8-13/h4-6,9-11,13,17H,3,7-8,12H2,1-2H3,(H,24,26)(H,29,30,31)/t17-/m1/s1. The van der Waals surface area contributed by atoms with Crippen molar-refractivity contribution in [2.75, 3.05) is 24.8 Å². The van der Waals surface area contributed by atoms with Crippen LogP contribution in [0.4, 0.5) is 5.69 Å². The van der Waals surface area contributed by atoms with E-state index >= 15 is 0 Å². The molecular weight excluding hydrogens is 464 g/mol. The van der Waals surface area contributed by atoms with Crippen LogP contribution in [0.3, 0.4) is 0 Å². The fourth-order valence-electron chi connectivity index (χ4n) is 3.96. The van der Waals surface area contributed by atoms with Crippen LogP contribution in [-0.2, 0) is 14.9 Å². The predicted octanol–water partition coefficient (Wildman–Crippen LogP) is 2.67. The van der Waals surface area contributed by atoms with Crippen LogP contribution in [0, 0.1) is 5.92 Å². The highest BCUT2D eigenvalue weighted by Gasteiger charge is 2.44. The number of rotatable bonds is 9. The minimum absolute atomic E-state index is 0.0135. The molecular formula is C23H24N2O8S. The van der Waals surface area contributed by atoms with Crippen molar-refractivity contribution in [1.82, 2.24) is 4.90 Å². The number of nitrogens with zero attached hydrogens (tertiary/aromatic N) is 1. The molecule has 0 unspecified atom stereocenters. The third kappa shape index (κ3) is 4.62. The molecule has 0 radical (unpaired) electrons. The molecule has 11 heteroatoms. The first-order chi connectivity index (χ1) is 16.1. The van der Waals surface area contributed by atoms with Gasteiger partial charge in [-0.05, 0) is 49.6 Å². The fourth-order valence-corrected chi connectivity index (χ4v) is 4.70. The number of benzene rings is 2. The zero-order valence-electron chi connectivity index (χ0n) is 18.6. The summed E-state index contributed by atoms with van der Waals surface area (Å²) in [5.41, 5.74) is 0.461. The van der Waals surface area contributed by atoms with Crippen LogP contribution in [0.25, 0.3) is 0 Å². The van der Waals surface area contributed by atoms with Gasteiger partial charge < -0.3 is 14.8 Å². The Balaban J connectivity index is 1.76. The third-order valence-corrected chi connectivity index (χ3v) is 6.44. The number of carbonyl (C=O) groups excluding carboxylic acids is 3. The Bertz CT molecular complexity index is 1270. The van der Waals surface area contributed by atoms with E-state index in [-0.39, 0.29) is 40.0 Å². The van der Waals surface area contributed by atoms with E-state index in [0.717, 1.165) is 17.7 Å². The highest BCUT2D eigenvalue weighted by Crippen LogP contribution is 2.39. The summed E-state index contributed by atoms with van der Waals surface area (Å²) in [7, 11) is -3.16. The van der Waals surface area contributed by atoms with Crippen molar-refractivity contribution >= 4 is 33.5 Å². The zero-order valence-corrected chi connectivity index (χ0v) is 19.4. The van der Waals surface area contributed by atoms with Gasteiger partial charge in [0.05, 0.1) is 36.6 Å². The molecule has 4 rings (SSSR count). The lowest BCUT2D eigenvalue weighted by Gasteiger charge is -2.26. The largest absolute Gasteiger partial charge is 0.493 e. The maximum absolute atomic E-state index is 13.5. The Morgan fingerprint density at radius 3 is 2.53 bits per heavy atom. The summed E-state index contributed by atoms with van der Waals surface area (Å²) in [6.07, 6.45) is 1.52. The Morgan fingerprint density at radius 1 is 1.18 bits per heavy atom. The average Bonchev–Trinajstić information content (AvgIpc) is 3.60. The van der Waals surface area contributed by atoms with Crippen LogP contribution in [0.1, 0.15) is 52.1 Å². The maximum Gasteiger partial charge on any atom is 0.267 e. The number of ether oxygens (including phenoxy) is 2. The summed E-state index contributed by atoms with van der Waals surface area (Å²) in [6, 6.07) is 7.64. The van der Waals surface area contributed by atoms with Gasteiger partial charge in [-0.1, -0.05) is 12.1 Å². The first-order valence-corrected chi connectivity index (χ1v) is 12.3. The molecule has 1 aliphatic carbocycles. The predicted molar refractivity (Wildman–Crippen MR) is 122 cm³/mol. The summed E-state index contributed by atoms with van der Waals surface area (Å²) in [6.45, 7) is 2.04. The topological polar surface area (TPSA) is 139 Å². The molecule has 0 saturated heterocycles. The fraction of sp³-hybridized carbons (Fsp3) is 0.348. The van der Waals surface area contributed by atoms with Gasteiger partial charge in [0.25, 0.3) is 21.9 Å². The molecule has 0 aromatic heterocycles. The van der Waals surface area contributed by atoms with Gasteiger partial charge in [-0.3, -0.25) is 23.8 Å². The lowest BCUT2D eigenvalue weighted by molar-refractivity contribution is -0.117. The van der Waals surface area contributed by atoms with Crippen LogP contribution in [0.2, 0.25) is 0 Å². The van der Waals surface area contributed by atoms with E-state index in [4.69, 9.17) is 9.47 Å². The van der Waals surface area contributed by atoms with Gasteiger partial charge in [0.1, 0.15) is 5.75 Å². The van der Waals surface area contributed by atoms with E-state index in [0.29, 0.717) is 12.4 Å². The van der Waals surface area contributed by atoms with Gasteiger partial charge in [0.15, 0.2) is 11.5 Å². The molecule has 1 fully saturated rings. The summed E-state index contributed by atoms with van der Waals surface area (Å²) < 4.78 is 44.2. The molecule has 180 valence electrons. The Kier molecular flexibility index (Phi) is 6.32. The van der Waals surface area contributed by atoms with Crippen molar-refractivity contribution in [3.63, 3.8) is 0 Å². The molecule has 10 nitrogen and oxygen atoms in total. The second kappa shape index (κ2) is 9.07. The number of carbonyl (C=O) groups is 3. The maximum atomic E-state index is 13.5. The lowest BCUT2D eigenvalue weighted by atomic mass is 10.1. The summed E-state index contributed by atoms with van der Waals surface area (Å²) in [5, 5.41) is 2.70. The second-order valence-electron chi connectivity index (χ2n) is 8.08. The van der Waals surface area contributed by atoms with Crippen molar-refractivity contribution in [2.24, 2.45) is 5.92 Å². The van der Waals surface area contributed by atoms with Crippen LogP contribution in [0.15, 0.2) is 36.4 Å². The molecule has 2 N–H and O–H groups in total. The smallest absolute Gasteiger partial charge is 0.267 e. The Labute approximate surface area is 196 Å². The minimum Gasteiger partial charge on any atom is -0.493 e. The molecule has 3 amide bonds. The van der Waals surface area contributed by atoms with E-state index in [1.165, 1.54) is 43.5 Å². The van der Waals surface area contributed by atoms with Gasteiger partial charge in [-0.2, -0.15) is 8.42 Å². The number of hydrogen-bond acceptors (Lipinski definition) is 7. The summed E-state index contributed by atoms with van der Waals surface area (Å²) >= 11 is 0. The lowest BCUT2D eigenvalue weighted by Crippen LogP contribution is -2.38. The van der Waals surface area contributed by atoms with E-state index < -0.39 is 33.7 Å². The van der Waals surface area contributed by atoms with Crippen molar-refractivity contribution < 1.29 is 36.8 Å². The van der Waals surface area contributed by atoms with Crippen molar-refractivity contribution in [3.8, 4) is 11.5 Å². The van der Waals surface area contributed by atoms with Crippen molar-refractivity contribution in [3.05, 3.63) is 53.1 Å². The molecule has 1 aliphatic heterocycles. The minimum atomic E-state index is -4.60. The molecule has 2 aliphatic rings.